The summed E-state index contributed by atoms with van der Waals surface area (Å²) in [5.74, 6) is 0.255. The lowest BCUT2D eigenvalue weighted by molar-refractivity contribution is 0.102. The molecule has 0 radical (unpaired) electrons. The molecule has 1 N–H and O–H groups in total. The molecule has 1 amide bonds. The number of carbonyl (C=O) groups excluding carboxylic acids is 1. The molecule has 0 bridgehead atoms. The number of nitrogens with one attached hydrogen (secondary N) is 1. The van der Waals surface area contributed by atoms with Crippen LogP contribution in [0.4, 0.5) is 11.4 Å². The number of nitrogens with zero attached hydrogens (tertiary/aromatic N) is 1. The summed E-state index contributed by atoms with van der Waals surface area (Å²) in [7, 11) is -2.29. The van der Waals surface area contributed by atoms with Gasteiger partial charge in [0.15, 0.2) is 0 Å². The van der Waals surface area contributed by atoms with Crippen molar-refractivity contribution in [3.8, 4) is 5.75 Å². The van der Waals surface area contributed by atoms with E-state index < -0.39 is 10.0 Å². The van der Waals surface area contributed by atoms with Crippen molar-refractivity contribution in [2.45, 2.75) is 24.8 Å². The summed E-state index contributed by atoms with van der Waals surface area (Å²) in [5.41, 5.74) is 1.38. The van der Waals surface area contributed by atoms with Crippen molar-refractivity contribution in [2.75, 3.05) is 16.7 Å². The molecular formula is C23H23ClN2O4S. The third kappa shape index (κ3) is 5.37. The molecule has 0 aliphatic rings. The van der Waals surface area contributed by atoms with Gasteiger partial charge in [-0.1, -0.05) is 23.7 Å². The van der Waals surface area contributed by atoms with Crippen molar-refractivity contribution >= 4 is 38.9 Å². The summed E-state index contributed by atoms with van der Waals surface area (Å²) in [5, 5.41) is 3.29. The molecular weight excluding hydrogens is 436 g/mol. The minimum Gasteiger partial charge on any atom is -0.489 e. The van der Waals surface area contributed by atoms with Crippen LogP contribution in [0, 0.1) is 0 Å². The summed E-state index contributed by atoms with van der Waals surface area (Å²) >= 11 is 5.84. The fraction of sp³-hybridized carbons (Fsp3) is 0.174. The molecule has 31 heavy (non-hydrogen) atoms. The summed E-state index contributed by atoms with van der Waals surface area (Å²) in [6.07, 6.45) is -0.0320. The van der Waals surface area contributed by atoms with E-state index in [0.29, 0.717) is 27.7 Å². The predicted octanol–water partition coefficient (Wildman–Crippen LogP) is 5.20. The molecule has 0 atom stereocenters. The molecule has 0 aliphatic heterocycles. The lowest BCUT2D eigenvalue weighted by Gasteiger charge is -2.20. The van der Waals surface area contributed by atoms with Crippen molar-refractivity contribution in [2.24, 2.45) is 0 Å². The number of hydrogen-bond donors (Lipinski definition) is 1. The zero-order chi connectivity index (χ0) is 22.6. The van der Waals surface area contributed by atoms with E-state index >= 15 is 0 Å². The van der Waals surface area contributed by atoms with Gasteiger partial charge in [0, 0.05) is 17.6 Å². The van der Waals surface area contributed by atoms with E-state index in [9.17, 15) is 13.2 Å². The normalized spacial score (nSPS) is 11.3. The molecule has 6 nitrogen and oxygen atoms in total. The molecule has 0 fully saturated rings. The molecule has 3 rings (SSSR count). The number of anilines is 2. The Bertz CT molecular complexity index is 1160. The molecule has 0 spiro atoms. The Balaban J connectivity index is 1.77. The van der Waals surface area contributed by atoms with Crippen molar-refractivity contribution < 1.29 is 17.9 Å². The molecule has 0 aromatic heterocycles. The molecule has 0 aliphatic carbocycles. The monoisotopic (exact) mass is 458 g/mol. The molecule has 0 saturated carbocycles. The highest BCUT2D eigenvalue weighted by atomic mass is 35.5. The van der Waals surface area contributed by atoms with Gasteiger partial charge in [-0.25, -0.2) is 8.42 Å². The molecule has 0 heterocycles. The van der Waals surface area contributed by atoms with Crippen LogP contribution in [-0.2, 0) is 10.0 Å². The standard InChI is InChI=1S/C23H23ClN2O4S/c1-16(2)30-22-7-5-4-6-21(22)25-23(27)17-8-12-19(13-9-17)26(3)31(28,29)20-14-10-18(24)11-15-20/h4-16H,1-3H3,(H,25,27). The van der Waals surface area contributed by atoms with Gasteiger partial charge in [-0.15, -0.1) is 0 Å². The number of para-hydroxylation sites is 2. The van der Waals surface area contributed by atoms with Crippen LogP contribution in [0.1, 0.15) is 24.2 Å². The Kier molecular flexibility index (Phi) is 6.87. The first-order valence-corrected chi connectivity index (χ1v) is 11.4. The quantitative estimate of drug-likeness (QED) is 0.527. The van der Waals surface area contributed by atoms with E-state index in [-0.39, 0.29) is 16.9 Å². The van der Waals surface area contributed by atoms with E-state index in [1.54, 1.807) is 36.4 Å². The van der Waals surface area contributed by atoms with Crippen molar-refractivity contribution in [3.05, 3.63) is 83.4 Å². The first-order valence-electron chi connectivity index (χ1n) is 9.60. The van der Waals surface area contributed by atoms with Crippen molar-refractivity contribution in [3.63, 3.8) is 0 Å². The molecule has 162 valence electrons. The van der Waals surface area contributed by atoms with Crippen LogP contribution in [0.5, 0.6) is 5.75 Å². The Morgan fingerprint density at radius 3 is 2.19 bits per heavy atom. The average Bonchev–Trinajstić information content (AvgIpc) is 2.74. The Hall–Kier alpha value is -3.03. The van der Waals surface area contributed by atoms with E-state index in [1.165, 1.54) is 31.3 Å². The number of sulfonamides is 1. The van der Waals surface area contributed by atoms with Gasteiger partial charge in [0.1, 0.15) is 5.75 Å². The second kappa shape index (κ2) is 9.41. The summed E-state index contributed by atoms with van der Waals surface area (Å²) in [6, 6.07) is 19.5. The van der Waals surface area contributed by atoms with Crippen molar-refractivity contribution in [1.29, 1.82) is 0 Å². The molecule has 0 saturated heterocycles. The lowest BCUT2D eigenvalue weighted by Crippen LogP contribution is -2.26. The molecule has 3 aromatic carbocycles. The van der Waals surface area contributed by atoms with Crippen LogP contribution in [0.25, 0.3) is 0 Å². The van der Waals surface area contributed by atoms with Crippen LogP contribution in [0.15, 0.2) is 77.7 Å². The number of carbonyl (C=O) groups is 1. The van der Waals surface area contributed by atoms with Gasteiger partial charge in [0.2, 0.25) is 0 Å². The number of halogens is 1. The summed E-state index contributed by atoms with van der Waals surface area (Å²) in [6.45, 7) is 3.82. The number of rotatable bonds is 7. The number of amides is 1. The molecule has 3 aromatic rings. The number of ether oxygens (including phenoxy) is 1. The maximum atomic E-state index is 12.8. The van der Waals surface area contributed by atoms with Gasteiger partial charge in [0.25, 0.3) is 15.9 Å². The average molecular weight is 459 g/mol. The Morgan fingerprint density at radius 2 is 1.58 bits per heavy atom. The first-order chi connectivity index (χ1) is 14.7. The number of benzene rings is 3. The smallest absolute Gasteiger partial charge is 0.264 e. The zero-order valence-corrected chi connectivity index (χ0v) is 18.9. The van der Waals surface area contributed by atoms with Gasteiger partial charge < -0.3 is 10.1 Å². The van der Waals surface area contributed by atoms with Crippen LogP contribution >= 0.6 is 11.6 Å². The fourth-order valence-corrected chi connectivity index (χ4v) is 4.17. The lowest BCUT2D eigenvalue weighted by atomic mass is 10.2. The predicted molar refractivity (Wildman–Crippen MR) is 124 cm³/mol. The Labute approximate surface area is 187 Å². The van der Waals surface area contributed by atoms with Gasteiger partial charge in [0.05, 0.1) is 22.4 Å². The van der Waals surface area contributed by atoms with Crippen LogP contribution < -0.4 is 14.4 Å². The second-order valence-corrected chi connectivity index (χ2v) is 9.50. The van der Waals surface area contributed by atoms with E-state index in [2.05, 4.69) is 5.32 Å². The van der Waals surface area contributed by atoms with Gasteiger partial charge in [-0.05, 0) is 74.5 Å². The van der Waals surface area contributed by atoms with Gasteiger partial charge in [-0.2, -0.15) is 0 Å². The Morgan fingerprint density at radius 1 is 0.968 bits per heavy atom. The molecule has 8 heteroatoms. The maximum Gasteiger partial charge on any atom is 0.264 e. The SMILES string of the molecule is CC(C)Oc1ccccc1NC(=O)c1ccc(N(C)S(=O)(=O)c2ccc(Cl)cc2)cc1. The second-order valence-electron chi connectivity index (χ2n) is 7.09. The highest BCUT2D eigenvalue weighted by Gasteiger charge is 2.21. The molecule has 0 unspecified atom stereocenters. The largest absolute Gasteiger partial charge is 0.489 e. The summed E-state index contributed by atoms with van der Waals surface area (Å²) in [4.78, 5) is 12.8. The van der Waals surface area contributed by atoms with Gasteiger partial charge >= 0.3 is 0 Å². The minimum absolute atomic E-state index is 0.0320. The third-order valence-electron chi connectivity index (χ3n) is 4.46. The van der Waals surface area contributed by atoms with E-state index in [1.807, 2.05) is 26.0 Å². The van der Waals surface area contributed by atoms with Crippen LogP contribution in [-0.4, -0.2) is 27.5 Å². The minimum atomic E-state index is -3.75. The zero-order valence-electron chi connectivity index (χ0n) is 17.4. The van der Waals surface area contributed by atoms with Gasteiger partial charge in [-0.3, -0.25) is 9.10 Å². The fourth-order valence-electron chi connectivity index (χ4n) is 2.85. The van der Waals surface area contributed by atoms with E-state index in [0.717, 1.165) is 4.31 Å². The maximum absolute atomic E-state index is 12.8. The number of hydrogen-bond acceptors (Lipinski definition) is 4. The van der Waals surface area contributed by atoms with Crippen LogP contribution in [0.2, 0.25) is 5.02 Å². The van der Waals surface area contributed by atoms with E-state index in [4.69, 9.17) is 16.3 Å². The van der Waals surface area contributed by atoms with Crippen molar-refractivity contribution in [1.82, 2.24) is 0 Å². The van der Waals surface area contributed by atoms with Crippen LogP contribution in [0.3, 0.4) is 0 Å². The summed E-state index contributed by atoms with van der Waals surface area (Å²) < 4.78 is 32.5. The highest BCUT2D eigenvalue weighted by molar-refractivity contribution is 7.92. The third-order valence-corrected chi connectivity index (χ3v) is 6.51. The highest BCUT2D eigenvalue weighted by Crippen LogP contribution is 2.27. The topological polar surface area (TPSA) is 75.7 Å². The first kappa shape index (κ1) is 22.7.